The van der Waals surface area contributed by atoms with Gasteiger partial charge in [-0.25, -0.2) is 9.97 Å². The Morgan fingerprint density at radius 2 is 1.96 bits per heavy atom. The molecule has 26 heavy (non-hydrogen) atoms. The van der Waals surface area contributed by atoms with Crippen molar-refractivity contribution in [1.82, 2.24) is 24.8 Å². The van der Waals surface area contributed by atoms with E-state index in [4.69, 9.17) is 0 Å². The minimum absolute atomic E-state index is 0.0309. The molecule has 0 saturated carbocycles. The normalized spacial score (nSPS) is 13.2. The molecule has 9 heteroatoms. The second-order valence-electron chi connectivity index (χ2n) is 5.65. The summed E-state index contributed by atoms with van der Waals surface area (Å²) in [6.07, 6.45) is 8.24. The minimum atomic E-state index is -0.353. The van der Waals surface area contributed by atoms with E-state index >= 15 is 0 Å². The Balaban J connectivity index is 1.47. The van der Waals surface area contributed by atoms with Crippen molar-refractivity contribution in [3.8, 4) is 0 Å². The Kier molecular flexibility index (Phi) is 4.36. The first-order valence-electron chi connectivity index (χ1n) is 7.96. The van der Waals surface area contributed by atoms with Gasteiger partial charge in [-0.3, -0.25) is 24.9 Å². The standard InChI is InChI=1S/C17H14N6O2S/c24-15(13-9-19-6-7-20-13)22-17-21-12-3-8-23(10-14(12)26-17)16(25)11-1-4-18-5-2-11/h1-2,4-7,9H,3,8,10H2,(H,21,22,24). The van der Waals surface area contributed by atoms with Gasteiger partial charge in [-0.1, -0.05) is 11.3 Å². The first-order valence-corrected chi connectivity index (χ1v) is 8.77. The lowest BCUT2D eigenvalue weighted by Crippen LogP contribution is -2.35. The zero-order valence-corrected chi connectivity index (χ0v) is 14.4. The second-order valence-corrected chi connectivity index (χ2v) is 6.73. The topological polar surface area (TPSA) is 101 Å². The number of rotatable bonds is 3. The van der Waals surface area contributed by atoms with Crippen LogP contribution >= 0.6 is 11.3 Å². The van der Waals surface area contributed by atoms with Crippen LogP contribution < -0.4 is 5.32 Å². The maximum absolute atomic E-state index is 12.6. The fourth-order valence-electron chi connectivity index (χ4n) is 2.68. The molecule has 0 aromatic carbocycles. The average molecular weight is 366 g/mol. The van der Waals surface area contributed by atoms with Crippen molar-refractivity contribution in [3.63, 3.8) is 0 Å². The van der Waals surface area contributed by atoms with E-state index in [0.717, 1.165) is 10.6 Å². The van der Waals surface area contributed by atoms with Gasteiger partial charge in [0.15, 0.2) is 5.13 Å². The number of pyridine rings is 1. The molecule has 130 valence electrons. The average Bonchev–Trinajstić information content (AvgIpc) is 3.10. The predicted octanol–water partition coefficient (Wildman–Crippen LogP) is 1.78. The third-order valence-corrected chi connectivity index (χ3v) is 4.96. The van der Waals surface area contributed by atoms with Crippen LogP contribution in [0.25, 0.3) is 0 Å². The van der Waals surface area contributed by atoms with Crippen LogP contribution in [-0.2, 0) is 13.0 Å². The van der Waals surface area contributed by atoms with Crippen molar-refractivity contribution >= 4 is 28.3 Å². The quantitative estimate of drug-likeness (QED) is 0.758. The Morgan fingerprint density at radius 1 is 1.12 bits per heavy atom. The van der Waals surface area contributed by atoms with Crippen LogP contribution in [0.5, 0.6) is 0 Å². The molecule has 0 bridgehead atoms. The third kappa shape index (κ3) is 3.29. The van der Waals surface area contributed by atoms with Crippen molar-refractivity contribution in [2.24, 2.45) is 0 Å². The van der Waals surface area contributed by atoms with Gasteiger partial charge in [0.2, 0.25) is 0 Å². The lowest BCUT2D eigenvalue weighted by molar-refractivity contribution is 0.0736. The fourth-order valence-corrected chi connectivity index (χ4v) is 3.70. The van der Waals surface area contributed by atoms with Gasteiger partial charge in [0.25, 0.3) is 11.8 Å². The summed E-state index contributed by atoms with van der Waals surface area (Å²) in [7, 11) is 0. The molecule has 8 nitrogen and oxygen atoms in total. The van der Waals surface area contributed by atoms with Gasteiger partial charge < -0.3 is 4.90 Å². The van der Waals surface area contributed by atoms with Gasteiger partial charge in [-0.2, -0.15) is 0 Å². The maximum atomic E-state index is 12.6. The summed E-state index contributed by atoms with van der Waals surface area (Å²) in [5.41, 5.74) is 1.77. The second kappa shape index (κ2) is 6.96. The van der Waals surface area contributed by atoms with E-state index in [-0.39, 0.29) is 17.5 Å². The van der Waals surface area contributed by atoms with E-state index in [0.29, 0.717) is 30.2 Å². The number of amides is 2. The molecule has 0 spiro atoms. The molecular formula is C17H14N6O2S. The van der Waals surface area contributed by atoms with Gasteiger partial charge in [0.1, 0.15) is 5.69 Å². The lowest BCUT2D eigenvalue weighted by atomic mass is 10.1. The van der Waals surface area contributed by atoms with E-state index in [1.807, 2.05) is 0 Å². The molecule has 1 aliphatic rings. The molecule has 0 fully saturated rings. The number of carbonyl (C=O) groups is 2. The Morgan fingerprint density at radius 3 is 2.73 bits per heavy atom. The molecule has 0 aliphatic carbocycles. The molecular weight excluding hydrogens is 352 g/mol. The van der Waals surface area contributed by atoms with Crippen LogP contribution in [-0.4, -0.2) is 43.2 Å². The summed E-state index contributed by atoms with van der Waals surface area (Å²) in [6.45, 7) is 1.07. The van der Waals surface area contributed by atoms with Gasteiger partial charge in [0, 0.05) is 48.2 Å². The maximum Gasteiger partial charge on any atom is 0.277 e. The molecule has 0 saturated heterocycles. The molecule has 4 heterocycles. The summed E-state index contributed by atoms with van der Waals surface area (Å²) in [4.78, 5) is 43.8. The number of carbonyl (C=O) groups excluding carboxylic acids is 2. The smallest absolute Gasteiger partial charge is 0.277 e. The summed E-state index contributed by atoms with van der Waals surface area (Å²) < 4.78 is 0. The number of hydrogen-bond acceptors (Lipinski definition) is 7. The monoisotopic (exact) mass is 366 g/mol. The van der Waals surface area contributed by atoms with Crippen molar-refractivity contribution in [2.75, 3.05) is 11.9 Å². The number of fused-ring (bicyclic) bond motifs is 1. The van der Waals surface area contributed by atoms with Crippen LogP contribution in [0.4, 0.5) is 5.13 Å². The lowest BCUT2D eigenvalue weighted by Gasteiger charge is -2.26. The Hall–Kier alpha value is -3.20. The number of aromatic nitrogens is 4. The molecule has 4 rings (SSSR count). The number of hydrogen-bond donors (Lipinski definition) is 1. The highest BCUT2D eigenvalue weighted by atomic mass is 32.1. The molecule has 0 radical (unpaired) electrons. The van der Waals surface area contributed by atoms with Crippen LogP contribution in [0, 0.1) is 0 Å². The molecule has 3 aromatic heterocycles. The molecule has 3 aromatic rings. The third-order valence-electron chi connectivity index (χ3n) is 3.96. The van der Waals surface area contributed by atoms with E-state index in [2.05, 4.69) is 25.3 Å². The van der Waals surface area contributed by atoms with E-state index in [1.165, 1.54) is 29.9 Å². The number of nitrogens with one attached hydrogen (secondary N) is 1. The summed E-state index contributed by atoms with van der Waals surface area (Å²) in [6, 6.07) is 3.41. The van der Waals surface area contributed by atoms with Gasteiger partial charge in [-0.05, 0) is 12.1 Å². The van der Waals surface area contributed by atoms with Crippen LogP contribution in [0.2, 0.25) is 0 Å². The SMILES string of the molecule is O=C(Nc1nc2c(s1)CN(C(=O)c1ccncc1)CC2)c1cnccn1. The Labute approximate surface area is 153 Å². The van der Waals surface area contributed by atoms with Crippen molar-refractivity contribution in [2.45, 2.75) is 13.0 Å². The highest BCUT2D eigenvalue weighted by Gasteiger charge is 2.25. The Bertz CT molecular complexity index is 944. The highest BCUT2D eigenvalue weighted by molar-refractivity contribution is 7.15. The number of nitrogens with zero attached hydrogens (tertiary/aromatic N) is 5. The number of anilines is 1. The molecule has 2 amide bonds. The van der Waals surface area contributed by atoms with Crippen molar-refractivity contribution in [3.05, 3.63) is 64.9 Å². The summed E-state index contributed by atoms with van der Waals surface area (Å²) in [5.74, 6) is -0.384. The molecule has 0 atom stereocenters. The molecule has 0 unspecified atom stereocenters. The summed E-state index contributed by atoms with van der Waals surface area (Å²) >= 11 is 1.38. The molecule has 1 N–H and O–H groups in total. The van der Waals surface area contributed by atoms with Crippen molar-refractivity contribution in [1.29, 1.82) is 0 Å². The first kappa shape index (κ1) is 16.3. The van der Waals surface area contributed by atoms with Gasteiger partial charge >= 0.3 is 0 Å². The van der Waals surface area contributed by atoms with Gasteiger partial charge in [-0.15, -0.1) is 0 Å². The first-order chi connectivity index (χ1) is 12.7. The number of thiazole rings is 1. The van der Waals surface area contributed by atoms with E-state index in [1.54, 1.807) is 29.4 Å². The largest absolute Gasteiger partial charge is 0.333 e. The van der Waals surface area contributed by atoms with Crippen LogP contribution in [0.15, 0.2) is 43.1 Å². The zero-order chi connectivity index (χ0) is 17.9. The fraction of sp³-hybridized carbons (Fsp3) is 0.176. The van der Waals surface area contributed by atoms with Crippen molar-refractivity contribution < 1.29 is 9.59 Å². The molecule has 1 aliphatic heterocycles. The highest BCUT2D eigenvalue weighted by Crippen LogP contribution is 2.29. The predicted molar refractivity (Wildman–Crippen MR) is 94.8 cm³/mol. The minimum Gasteiger partial charge on any atom is -0.333 e. The van der Waals surface area contributed by atoms with Gasteiger partial charge in [0.05, 0.1) is 18.4 Å². The van der Waals surface area contributed by atoms with Crippen LogP contribution in [0.1, 0.15) is 31.4 Å². The van der Waals surface area contributed by atoms with Crippen LogP contribution in [0.3, 0.4) is 0 Å². The van der Waals surface area contributed by atoms with E-state index < -0.39 is 0 Å². The zero-order valence-electron chi connectivity index (χ0n) is 13.6. The summed E-state index contributed by atoms with van der Waals surface area (Å²) in [5, 5.41) is 3.25. The van der Waals surface area contributed by atoms with E-state index in [9.17, 15) is 9.59 Å².